The van der Waals surface area contributed by atoms with Crippen LogP contribution in [0.25, 0.3) is 0 Å². The van der Waals surface area contributed by atoms with E-state index in [2.05, 4.69) is 9.98 Å². The van der Waals surface area contributed by atoms with Crippen LogP contribution in [0.1, 0.15) is 55.2 Å². The Labute approximate surface area is 253 Å². The summed E-state index contributed by atoms with van der Waals surface area (Å²) in [5.74, 6) is 0.335. The van der Waals surface area contributed by atoms with Crippen molar-refractivity contribution in [1.29, 1.82) is 0 Å². The third-order valence-electron chi connectivity index (χ3n) is 8.51. The first kappa shape index (κ1) is 30.3. The number of aliphatic hydroxyl groups excluding tert-OH is 1. The standard InChI is InChI=1S/C35H40N2O6/c1-42-34-18-23(6-8-30(34)38)14-27(16-25-10-12-36-21-25)32(40)20-33(41)28(17-26-11-13-37-22-26)15-24-7-9-31(39)35(19-24)43-29-4-2-3-5-29/h6-13,18-19,21-22,27-29,33,37,41H,2-5,14-17,20H2,1H3,(H-,38,39)/p+1. The zero-order valence-corrected chi connectivity index (χ0v) is 24.6. The van der Waals surface area contributed by atoms with Gasteiger partial charge in [-0.15, -0.1) is 4.99 Å². The molecule has 4 N–H and O–H groups in total. The third kappa shape index (κ3) is 8.23. The van der Waals surface area contributed by atoms with Crippen LogP contribution in [-0.2, 0) is 24.1 Å². The summed E-state index contributed by atoms with van der Waals surface area (Å²) in [5, 5.41) is 32.1. The van der Waals surface area contributed by atoms with Crippen LogP contribution in [0, 0.1) is 18.4 Å². The molecule has 1 saturated carbocycles. The van der Waals surface area contributed by atoms with E-state index in [1.54, 1.807) is 37.0 Å². The van der Waals surface area contributed by atoms with E-state index < -0.39 is 6.10 Å². The average Bonchev–Trinajstić information content (AvgIpc) is 3.80. The number of ketones is 1. The van der Waals surface area contributed by atoms with Gasteiger partial charge in [0.15, 0.2) is 29.2 Å². The zero-order valence-electron chi connectivity index (χ0n) is 24.6. The second kappa shape index (κ2) is 14.3. The summed E-state index contributed by atoms with van der Waals surface area (Å²) in [6.45, 7) is 1.71. The second-order valence-electron chi connectivity index (χ2n) is 11.7. The Morgan fingerprint density at radius 1 is 0.977 bits per heavy atom. The molecular weight excluding hydrogens is 544 g/mol. The number of aromatic hydroxyl groups is 2. The van der Waals surface area contributed by atoms with Gasteiger partial charge in [0, 0.05) is 31.2 Å². The highest BCUT2D eigenvalue weighted by molar-refractivity contribution is 5.86. The van der Waals surface area contributed by atoms with Gasteiger partial charge in [0.2, 0.25) is 0 Å². The largest absolute Gasteiger partial charge is 0.504 e. The maximum atomic E-state index is 13.8. The number of hydrogen-bond donors (Lipinski definition) is 4. The number of ether oxygens (including phenoxy) is 2. The molecule has 8 nitrogen and oxygen atoms in total. The number of nitrogens with one attached hydrogen (secondary N) is 1. The Hall–Kier alpha value is -4.17. The molecule has 3 unspecified atom stereocenters. The van der Waals surface area contributed by atoms with Crippen molar-refractivity contribution in [2.24, 2.45) is 16.8 Å². The number of hydrogen-bond acceptors (Lipinski definition) is 7. The number of phenolic OH excluding ortho intramolecular Hbond substituents is 2. The number of benzene rings is 2. The van der Waals surface area contributed by atoms with Gasteiger partial charge in [-0.25, -0.2) is 0 Å². The predicted molar refractivity (Wildman–Crippen MR) is 166 cm³/mol. The van der Waals surface area contributed by atoms with Crippen molar-refractivity contribution in [2.75, 3.05) is 7.11 Å². The van der Waals surface area contributed by atoms with E-state index in [1.807, 2.05) is 36.7 Å². The highest BCUT2D eigenvalue weighted by atomic mass is 16.5. The van der Waals surface area contributed by atoms with Crippen LogP contribution in [0.2, 0.25) is 0 Å². The summed E-state index contributed by atoms with van der Waals surface area (Å²) in [4.78, 5) is 21.1. The normalized spacial score (nSPS) is 16.8. The van der Waals surface area contributed by atoms with E-state index in [1.165, 1.54) is 7.11 Å². The Bertz CT molecular complexity index is 1420. The third-order valence-corrected chi connectivity index (χ3v) is 8.51. The number of phenols is 2. The number of allylic oxidation sites excluding steroid dienone is 1. The zero-order chi connectivity index (χ0) is 30.2. The Morgan fingerprint density at radius 2 is 1.67 bits per heavy atom. The Kier molecular flexibility index (Phi) is 10.1. The van der Waals surface area contributed by atoms with Gasteiger partial charge in [-0.2, -0.15) is 0 Å². The van der Waals surface area contributed by atoms with Crippen LogP contribution in [0.3, 0.4) is 0 Å². The predicted octanol–water partition coefficient (Wildman–Crippen LogP) is 5.90. The fourth-order valence-electron chi connectivity index (χ4n) is 6.10. The van der Waals surface area contributed by atoms with Crippen LogP contribution >= 0.6 is 0 Å². The van der Waals surface area contributed by atoms with Crippen molar-refractivity contribution in [3.8, 4) is 23.0 Å². The molecule has 43 heavy (non-hydrogen) atoms. The average molecular weight is 586 g/mol. The lowest BCUT2D eigenvalue weighted by Crippen LogP contribution is -2.30. The first-order valence-corrected chi connectivity index (χ1v) is 15.1. The number of aromatic amines is 1. The molecule has 226 valence electrons. The van der Waals surface area contributed by atoms with E-state index in [0.29, 0.717) is 37.2 Å². The molecule has 0 saturated heterocycles. The second-order valence-corrected chi connectivity index (χ2v) is 11.7. The molecule has 0 spiro atoms. The van der Waals surface area contributed by atoms with Gasteiger partial charge < -0.3 is 29.8 Å². The van der Waals surface area contributed by atoms with Gasteiger partial charge in [-0.05, 0) is 97.9 Å². The lowest BCUT2D eigenvalue weighted by Gasteiger charge is -2.25. The van der Waals surface area contributed by atoms with E-state index in [9.17, 15) is 20.1 Å². The number of methoxy groups -OCH3 is 1. The van der Waals surface area contributed by atoms with Crippen LogP contribution in [0.4, 0.5) is 0 Å². The molecule has 2 aliphatic rings. The van der Waals surface area contributed by atoms with Crippen molar-refractivity contribution in [1.82, 2.24) is 4.98 Å². The first-order valence-electron chi connectivity index (χ1n) is 15.1. The molecule has 5 rings (SSSR count). The summed E-state index contributed by atoms with van der Waals surface area (Å²) in [6.07, 6.45) is 13.0. The molecule has 1 fully saturated rings. The molecule has 1 aliphatic carbocycles. The molecule has 3 aromatic rings. The van der Waals surface area contributed by atoms with Crippen molar-refractivity contribution < 1.29 is 29.6 Å². The number of carbonyl (C=O) groups is 1. The topological polar surface area (TPSA) is 124 Å². The fourth-order valence-corrected chi connectivity index (χ4v) is 6.10. The summed E-state index contributed by atoms with van der Waals surface area (Å²) in [7, 11) is 1.50. The van der Waals surface area contributed by atoms with Crippen molar-refractivity contribution in [3.05, 3.63) is 89.7 Å². The number of nitrogens with zero attached hydrogens (tertiary/aromatic N) is 1. The number of aromatic nitrogens is 1. The van der Waals surface area contributed by atoms with Crippen molar-refractivity contribution >= 4 is 12.0 Å². The Morgan fingerprint density at radius 3 is 2.35 bits per heavy atom. The van der Waals surface area contributed by atoms with Crippen molar-refractivity contribution in [2.45, 2.75) is 70.0 Å². The number of H-pyrrole nitrogens is 1. The minimum Gasteiger partial charge on any atom is -0.504 e. The van der Waals surface area contributed by atoms with E-state index in [4.69, 9.17) is 9.47 Å². The monoisotopic (exact) mass is 585 g/mol. The first-order chi connectivity index (χ1) is 20.9. The maximum absolute atomic E-state index is 13.8. The lowest BCUT2D eigenvalue weighted by atomic mass is 9.82. The van der Waals surface area contributed by atoms with Crippen LogP contribution < -0.4 is 9.47 Å². The number of Topliss-reactive ketones (excluding diaryl/α,β-unsaturated/α-hetero) is 1. The molecule has 1 aromatic heterocycles. The molecule has 8 heteroatoms. The number of aliphatic hydroxyl groups is 1. The maximum Gasteiger partial charge on any atom is 0.176 e. The molecular formula is C35H41N2O6+. The molecule has 1 aliphatic heterocycles. The SMILES string of the molecule is COc1cc(CC(CC2=C[CH+]N=C2)C(=O)CC(O)C(Cc2cc[nH]c2)Cc2ccc(O)c(OC3CCCC3)c2)ccc1O. The van der Waals surface area contributed by atoms with E-state index in [-0.39, 0.29) is 41.6 Å². The molecule has 3 atom stereocenters. The van der Waals surface area contributed by atoms with Gasteiger partial charge in [0.05, 0.1) is 25.4 Å². The quantitative estimate of drug-likeness (QED) is 0.165. The molecule has 2 heterocycles. The summed E-state index contributed by atoms with van der Waals surface area (Å²) >= 11 is 0. The van der Waals surface area contributed by atoms with Crippen molar-refractivity contribution in [3.63, 3.8) is 0 Å². The molecule has 0 amide bonds. The van der Waals surface area contributed by atoms with E-state index >= 15 is 0 Å². The fraction of sp³-hybridized carbons (Fsp3) is 0.400. The number of carbonyl (C=O) groups excluding carboxylic acids is 1. The Balaban J connectivity index is 1.33. The number of aliphatic imine (C=N–C) groups is 1. The van der Waals surface area contributed by atoms with Crippen LogP contribution in [0.5, 0.6) is 23.0 Å². The highest BCUT2D eigenvalue weighted by Gasteiger charge is 2.30. The van der Waals surface area contributed by atoms with Gasteiger partial charge in [0.1, 0.15) is 17.9 Å². The smallest absolute Gasteiger partial charge is 0.176 e. The van der Waals surface area contributed by atoms with Crippen LogP contribution in [0.15, 0.2) is 71.5 Å². The van der Waals surface area contributed by atoms with Crippen LogP contribution in [-0.4, -0.2) is 51.6 Å². The summed E-state index contributed by atoms with van der Waals surface area (Å²) in [5.41, 5.74) is 3.81. The highest BCUT2D eigenvalue weighted by Crippen LogP contribution is 2.34. The molecule has 2 aromatic carbocycles. The summed E-state index contributed by atoms with van der Waals surface area (Å²) in [6, 6.07) is 12.5. The van der Waals surface area contributed by atoms with Gasteiger partial charge in [-0.1, -0.05) is 12.1 Å². The van der Waals surface area contributed by atoms with E-state index in [0.717, 1.165) is 47.9 Å². The molecule has 0 radical (unpaired) electrons. The van der Waals surface area contributed by atoms with Gasteiger partial charge in [0.25, 0.3) is 0 Å². The van der Waals surface area contributed by atoms with Gasteiger partial charge in [-0.3, -0.25) is 4.79 Å². The molecule has 0 bridgehead atoms. The minimum atomic E-state index is -0.884. The van der Waals surface area contributed by atoms with Gasteiger partial charge >= 0.3 is 0 Å². The summed E-state index contributed by atoms with van der Waals surface area (Å²) < 4.78 is 11.4. The number of rotatable bonds is 15. The minimum absolute atomic E-state index is 0.00657. The lowest BCUT2D eigenvalue weighted by molar-refractivity contribution is -0.125.